The van der Waals surface area contributed by atoms with Crippen LogP contribution in [0, 0.1) is 0 Å². The highest BCUT2D eigenvalue weighted by Crippen LogP contribution is 2.04. The van der Waals surface area contributed by atoms with Crippen molar-refractivity contribution in [2.75, 3.05) is 6.61 Å². The molecule has 0 aliphatic heterocycles. The summed E-state index contributed by atoms with van der Waals surface area (Å²) in [5, 5.41) is 43.8. The van der Waals surface area contributed by atoms with E-state index in [9.17, 15) is 4.79 Å². The maximum absolute atomic E-state index is 10.2. The number of carbonyl (C=O) groups is 1. The molecule has 0 heterocycles. The smallest absolute Gasteiger partial charge is 0.270 e. The summed E-state index contributed by atoms with van der Waals surface area (Å²) in [4.78, 5) is 10.2. The van der Waals surface area contributed by atoms with Crippen molar-refractivity contribution in [3.8, 4) is 0 Å². The number of rotatable bonds is 5. The Morgan fingerprint density at radius 2 is 1.62 bits per heavy atom. The Kier molecular flexibility index (Phi) is 4.81. The Balaban J connectivity index is 4.24. The quantitative estimate of drug-likeness (QED) is 0.304. The first-order valence-electron chi connectivity index (χ1n) is 3.50. The first-order valence-corrected chi connectivity index (χ1v) is 3.50. The van der Waals surface area contributed by atoms with Gasteiger partial charge in [-0.2, -0.15) is 0 Å². The van der Waals surface area contributed by atoms with Crippen LogP contribution in [0.4, 0.5) is 0 Å². The molecule has 1 radical (unpaired) electrons. The van der Waals surface area contributed by atoms with Crippen LogP contribution in [0.1, 0.15) is 0 Å². The Morgan fingerprint density at radius 1 is 1.15 bits per heavy atom. The van der Waals surface area contributed by atoms with Crippen molar-refractivity contribution < 1.29 is 30.3 Å². The summed E-state index contributed by atoms with van der Waals surface area (Å²) in [5.74, 6) is -1.48. The molecule has 7 nitrogen and oxygen atoms in total. The fourth-order valence-electron chi connectivity index (χ4n) is 0.677. The van der Waals surface area contributed by atoms with Crippen LogP contribution in [0.25, 0.3) is 0 Å². The molecule has 4 atom stereocenters. The predicted octanol–water partition coefficient (Wildman–Crippen LogP) is -3.77. The van der Waals surface area contributed by atoms with Gasteiger partial charge in [0.15, 0.2) is 6.10 Å². The van der Waals surface area contributed by atoms with Crippen molar-refractivity contribution in [3.63, 3.8) is 0 Å². The van der Waals surface area contributed by atoms with E-state index in [1.165, 1.54) is 0 Å². The molecule has 0 bridgehead atoms. The van der Waals surface area contributed by atoms with E-state index in [0.717, 1.165) is 0 Å². The topological polar surface area (TPSA) is 142 Å². The van der Waals surface area contributed by atoms with Gasteiger partial charge in [0.25, 0.3) is 5.91 Å². The molecule has 0 aromatic carbocycles. The molecule has 0 aromatic heterocycles. The largest absolute Gasteiger partial charge is 0.394 e. The molecule has 0 saturated heterocycles. The molecule has 1 amide bonds. The van der Waals surface area contributed by atoms with Crippen molar-refractivity contribution in [1.29, 1.82) is 0 Å². The van der Waals surface area contributed by atoms with E-state index < -0.39 is 36.9 Å². The first-order chi connectivity index (χ1) is 5.91. The first kappa shape index (κ1) is 12.3. The molecule has 0 aliphatic rings. The van der Waals surface area contributed by atoms with Gasteiger partial charge in [-0.25, -0.2) is 0 Å². The monoisotopic (exact) mass is 194 g/mol. The third kappa shape index (κ3) is 3.25. The number of hydrogen-bond acceptors (Lipinski definition) is 6. The second-order valence-corrected chi connectivity index (χ2v) is 2.54. The van der Waals surface area contributed by atoms with Gasteiger partial charge in [-0.05, 0) is 0 Å². The summed E-state index contributed by atoms with van der Waals surface area (Å²) in [6, 6.07) is 0. The molecule has 0 fully saturated rings. The zero-order valence-electron chi connectivity index (χ0n) is 6.66. The molecule has 13 heavy (non-hydrogen) atoms. The van der Waals surface area contributed by atoms with E-state index in [1.54, 1.807) is 0 Å². The van der Waals surface area contributed by atoms with Gasteiger partial charge >= 0.3 is 0 Å². The van der Waals surface area contributed by atoms with Crippen LogP contribution in [0.2, 0.25) is 0 Å². The number of hydrogen-bond donors (Lipinski definition) is 5. The van der Waals surface area contributed by atoms with Crippen LogP contribution < -0.4 is 5.73 Å². The van der Waals surface area contributed by atoms with E-state index in [4.69, 9.17) is 31.3 Å². The highest BCUT2D eigenvalue weighted by molar-refractivity contribution is 5.78. The van der Waals surface area contributed by atoms with Crippen LogP contribution in [-0.4, -0.2) is 62.5 Å². The van der Waals surface area contributed by atoms with E-state index in [0.29, 0.717) is 0 Å². The number of amides is 1. The Morgan fingerprint density at radius 3 is 1.92 bits per heavy atom. The summed E-state index contributed by atoms with van der Waals surface area (Å²) in [6.07, 6.45) is -7.60. The molecule has 77 valence electrons. The van der Waals surface area contributed by atoms with Crippen LogP contribution in [0.3, 0.4) is 0 Å². The minimum atomic E-state index is -2.09. The van der Waals surface area contributed by atoms with E-state index in [2.05, 4.69) is 0 Å². The molecule has 0 aliphatic carbocycles. The van der Waals surface area contributed by atoms with E-state index in [-0.39, 0.29) is 0 Å². The Bertz CT molecular complexity index is 175. The number of nitrogens with one attached hydrogen (secondary N) is 1. The zero-order valence-corrected chi connectivity index (χ0v) is 6.66. The summed E-state index contributed by atoms with van der Waals surface area (Å²) in [6.45, 7) is -0.822. The van der Waals surface area contributed by atoms with Gasteiger partial charge in [-0.1, -0.05) is 0 Å². The lowest BCUT2D eigenvalue weighted by Crippen LogP contribution is -2.48. The highest BCUT2D eigenvalue weighted by atomic mass is 16.4. The summed E-state index contributed by atoms with van der Waals surface area (Å²) < 4.78 is 0. The highest BCUT2D eigenvalue weighted by Gasteiger charge is 2.33. The fraction of sp³-hybridized carbons (Fsp3) is 0.833. The normalized spacial score (nSPS) is 20.4. The minimum absolute atomic E-state index is 0.822. The van der Waals surface area contributed by atoms with Crippen molar-refractivity contribution >= 4 is 5.91 Å². The SMILES string of the molecule is [NH]C(=O)[C@H](O)[C@@H](O)[C@@H](O)[C@H](O)CO. The van der Waals surface area contributed by atoms with Crippen LogP contribution in [-0.2, 0) is 4.79 Å². The number of carbonyl (C=O) groups excluding carboxylic acids is 1. The van der Waals surface area contributed by atoms with Gasteiger partial charge in [-0.15, -0.1) is 0 Å². The molecule has 0 unspecified atom stereocenters. The van der Waals surface area contributed by atoms with Crippen molar-refractivity contribution in [2.24, 2.45) is 0 Å². The predicted molar refractivity (Wildman–Crippen MR) is 39.2 cm³/mol. The maximum atomic E-state index is 10.2. The summed E-state index contributed by atoms with van der Waals surface area (Å²) in [7, 11) is 0. The van der Waals surface area contributed by atoms with Crippen LogP contribution in [0.15, 0.2) is 0 Å². The van der Waals surface area contributed by atoms with Gasteiger partial charge in [0.2, 0.25) is 0 Å². The minimum Gasteiger partial charge on any atom is -0.394 e. The van der Waals surface area contributed by atoms with Crippen molar-refractivity contribution in [2.45, 2.75) is 24.4 Å². The third-order valence-electron chi connectivity index (χ3n) is 1.52. The standard InChI is InChI=1S/C6H12NO6/c7-6(13)5(12)4(11)3(10)2(9)1-8/h2-5,7-12H,1H2/t2-,3+,4+,5-/m1/s1. The molecular formula is C6H12NO6. The van der Waals surface area contributed by atoms with Gasteiger partial charge in [0.1, 0.15) is 18.3 Å². The average Bonchev–Trinajstić information content (AvgIpc) is 2.12. The molecule has 7 heteroatoms. The lowest BCUT2D eigenvalue weighted by atomic mass is 10.0. The van der Waals surface area contributed by atoms with E-state index in [1.807, 2.05) is 0 Å². The Hall–Kier alpha value is -0.730. The van der Waals surface area contributed by atoms with Crippen molar-refractivity contribution in [1.82, 2.24) is 5.73 Å². The molecule has 0 aromatic rings. The second kappa shape index (κ2) is 5.10. The van der Waals surface area contributed by atoms with Crippen molar-refractivity contribution in [3.05, 3.63) is 0 Å². The second-order valence-electron chi connectivity index (χ2n) is 2.54. The van der Waals surface area contributed by atoms with Gasteiger partial charge < -0.3 is 25.5 Å². The van der Waals surface area contributed by atoms with Crippen LogP contribution in [0.5, 0.6) is 0 Å². The number of aliphatic hydroxyl groups is 5. The summed E-state index contributed by atoms with van der Waals surface area (Å²) in [5.41, 5.74) is 6.40. The van der Waals surface area contributed by atoms with Gasteiger partial charge in [0, 0.05) is 0 Å². The molecule has 6 N–H and O–H groups in total. The maximum Gasteiger partial charge on any atom is 0.270 e. The van der Waals surface area contributed by atoms with Crippen LogP contribution >= 0.6 is 0 Å². The zero-order chi connectivity index (χ0) is 10.6. The molecule has 0 saturated carbocycles. The average molecular weight is 194 g/mol. The fourth-order valence-corrected chi connectivity index (χ4v) is 0.677. The third-order valence-corrected chi connectivity index (χ3v) is 1.52. The molecular weight excluding hydrogens is 182 g/mol. The number of aliphatic hydroxyl groups excluding tert-OH is 5. The Labute approximate surface area is 74.0 Å². The lowest BCUT2D eigenvalue weighted by Gasteiger charge is -2.23. The molecule has 0 rings (SSSR count). The van der Waals surface area contributed by atoms with E-state index >= 15 is 0 Å². The van der Waals surface area contributed by atoms with Gasteiger partial charge in [-0.3, -0.25) is 10.5 Å². The summed E-state index contributed by atoms with van der Waals surface area (Å²) >= 11 is 0. The molecule has 0 spiro atoms. The van der Waals surface area contributed by atoms with Gasteiger partial charge in [0.05, 0.1) is 6.61 Å². The lowest BCUT2D eigenvalue weighted by molar-refractivity contribution is -0.146.